The monoisotopic (exact) mass is 249 g/mol. The molecule has 0 spiro atoms. The molecule has 0 aliphatic rings. The van der Waals surface area contributed by atoms with Gasteiger partial charge in [-0.2, -0.15) is 0 Å². The second-order valence-electron chi connectivity index (χ2n) is 4.02. The Bertz CT molecular complexity index is 613. The number of benzene rings is 1. The minimum atomic E-state index is -0.110. The molecule has 0 unspecified atom stereocenters. The maximum atomic E-state index is 12.0. The Morgan fingerprint density at radius 1 is 1.29 bits per heavy atom. The summed E-state index contributed by atoms with van der Waals surface area (Å²) in [5, 5.41) is 4.91. The summed E-state index contributed by atoms with van der Waals surface area (Å²) in [4.78, 5) is 12.0. The summed E-state index contributed by atoms with van der Waals surface area (Å²) < 4.78 is 3.02. The van der Waals surface area contributed by atoms with Crippen molar-refractivity contribution in [3.63, 3.8) is 0 Å². The van der Waals surface area contributed by atoms with E-state index in [0.29, 0.717) is 5.16 Å². The van der Waals surface area contributed by atoms with Gasteiger partial charge in [-0.05, 0) is 31.7 Å². The Kier molecular flexibility index (Phi) is 3.11. The zero-order chi connectivity index (χ0) is 12.6. The first-order chi connectivity index (χ1) is 8.04. The summed E-state index contributed by atoms with van der Waals surface area (Å²) in [5.41, 5.74) is 3.06. The van der Waals surface area contributed by atoms with E-state index in [4.69, 9.17) is 0 Å². The number of hydrogen-bond donors (Lipinski definition) is 0. The average Bonchev–Trinajstić information content (AvgIpc) is 2.56. The molecule has 0 fully saturated rings. The van der Waals surface area contributed by atoms with Crippen molar-refractivity contribution in [3.8, 4) is 5.69 Å². The molecule has 0 N–H and O–H groups in total. The van der Waals surface area contributed by atoms with Crippen LogP contribution >= 0.6 is 11.8 Å². The van der Waals surface area contributed by atoms with Gasteiger partial charge in [0.25, 0.3) is 0 Å². The van der Waals surface area contributed by atoms with Crippen LogP contribution in [0, 0.1) is 13.8 Å². The van der Waals surface area contributed by atoms with Crippen LogP contribution in [0.3, 0.4) is 0 Å². The van der Waals surface area contributed by atoms with Crippen LogP contribution in [0.4, 0.5) is 0 Å². The highest BCUT2D eigenvalue weighted by Crippen LogP contribution is 2.19. The fraction of sp³-hybridized carbons (Fsp3) is 0.333. The number of nitrogens with zero attached hydrogens (tertiary/aromatic N) is 3. The number of aromatic nitrogens is 3. The van der Waals surface area contributed by atoms with Crippen molar-refractivity contribution < 1.29 is 0 Å². The molecular weight excluding hydrogens is 234 g/mol. The Morgan fingerprint density at radius 2 is 2.00 bits per heavy atom. The Morgan fingerprint density at radius 3 is 2.59 bits per heavy atom. The highest BCUT2D eigenvalue weighted by molar-refractivity contribution is 7.98. The largest absolute Gasteiger partial charge is 0.350 e. The first-order valence-electron chi connectivity index (χ1n) is 5.32. The van der Waals surface area contributed by atoms with Gasteiger partial charge < -0.3 is 0 Å². The van der Waals surface area contributed by atoms with Gasteiger partial charge in [0.2, 0.25) is 0 Å². The normalized spacial score (nSPS) is 10.8. The van der Waals surface area contributed by atoms with Gasteiger partial charge in [0.1, 0.15) is 0 Å². The zero-order valence-electron chi connectivity index (χ0n) is 10.4. The van der Waals surface area contributed by atoms with E-state index in [0.717, 1.165) is 11.3 Å². The Labute approximate surface area is 104 Å². The Balaban J connectivity index is 2.72. The zero-order valence-corrected chi connectivity index (χ0v) is 11.2. The van der Waals surface area contributed by atoms with E-state index < -0.39 is 0 Å². The molecule has 5 heteroatoms. The minimum Gasteiger partial charge on any atom is -0.246 e. The Hall–Kier alpha value is -1.49. The van der Waals surface area contributed by atoms with E-state index in [2.05, 4.69) is 11.2 Å². The van der Waals surface area contributed by atoms with Crippen molar-refractivity contribution >= 4 is 11.8 Å². The quantitative estimate of drug-likeness (QED) is 0.763. The second-order valence-corrected chi connectivity index (χ2v) is 4.79. The molecule has 1 aromatic carbocycles. The minimum absolute atomic E-state index is 0.110. The first kappa shape index (κ1) is 12.0. The van der Waals surface area contributed by atoms with Crippen molar-refractivity contribution in [2.24, 2.45) is 7.05 Å². The molecule has 17 heavy (non-hydrogen) atoms. The summed E-state index contributed by atoms with van der Waals surface area (Å²) in [5.74, 6) is 0. The average molecular weight is 249 g/mol. The lowest BCUT2D eigenvalue weighted by Gasteiger charge is -2.08. The van der Waals surface area contributed by atoms with Gasteiger partial charge in [0.05, 0.1) is 5.69 Å². The molecule has 90 valence electrons. The van der Waals surface area contributed by atoms with Gasteiger partial charge in [-0.15, -0.1) is 5.10 Å². The second kappa shape index (κ2) is 4.41. The highest BCUT2D eigenvalue weighted by Gasteiger charge is 2.13. The van der Waals surface area contributed by atoms with Crippen LogP contribution in [0.5, 0.6) is 0 Å². The van der Waals surface area contributed by atoms with E-state index in [1.165, 1.54) is 22.0 Å². The maximum absolute atomic E-state index is 12.0. The van der Waals surface area contributed by atoms with Gasteiger partial charge in [-0.25, -0.2) is 14.0 Å². The van der Waals surface area contributed by atoms with Gasteiger partial charge in [-0.1, -0.05) is 29.5 Å². The number of hydrogen-bond acceptors (Lipinski definition) is 3. The first-order valence-corrected chi connectivity index (χ1v) is 6.54. The van der Waals surface area contributed by atoms with Crippen molar-refractivity contribution in [2.75, 3.05) is 6.26 Å². The maximum Gasteiger partial charge on any atom is 0.350 e. The lowest BCUT2D eigenvalue weighted by Crippen LogP contribution is -2.22. The SMILES string of the molecule is CSc1nn(C)c(=O)n1-c1ccc(C)cc1C. The molecule has 2 rings (SSSR count). The molecule has 0 bridgehead atoms. The van der Waals surface area contributed by atoms with E-state index >= 15 is 0 Å². The lowest BCUT2D eigenvalue weighted by molar-refractivity contribution is 0.714. The predicted octanol–water partition coefficient (Wildman–Crippen LogP) is 1.91. The van der Waals surface area contributed by atoms with Crippen molar-refractivity contribution in [1.29, 1.82) is 0 Å². The third-order valence-electron chi connectivity index (χ3n) is 2.67. The van der Waals surface area contributed by atoms with E-state index in [1.54, 1.807) is 11.6 Å². The van der Waals surface area contributed by atoms with Crippen LogP contribution in [-0.2, 0) is 7.05 Å². The highest BCUT2D eigenvalue weighted by atomic mass is 32.2. The van der Waals surface area contributed by atoms with E-state index in [-0.39, 0.29) is 5.69 Å². The van der Waals surface area contributed by atoms with Gasteiger partial charge in [-0.3, -0.25) is 0 Å². The number of rotatable bonds is 2. The molecule has 1 heterocycles. The molecule has 0 aliphatic heterocycles. The van der Waals surface area contributed by atoms with E-state index in [9.17, 15) is 4.79 Å². The van der Waals surface area contributed by atoms with Crippen molar-refractivity contribution in [3.05, 3.63) is 39.8 Å². The summed E-state index contributed by atoms with van der Waals surface area (Å²) >= 11 is 1.47. The molecule has 0 saturated heterocycles. The van der Waals surface area contributed by atoms with Crippen molar-refractivity contribution in [2.45, 2.75) is 19.0 Å². The van der Waals surface area contributed by atoms with Crippen LogP contribution in [0.15, 0.2) is 28.2 Å². The number of aryl methyl sites for hydroxylation is 3. The predicted molar refractivity (Wildman–Crippen MR) is 70.1 cm³/mol. The molecule has 0 saturated carbocycles. The lowest BCUT2D eigenvalue weighted by atomic mass is 10.1. The molecule has 4 nitrogen and oxygen atoms in total. The third kappa shape index (κ3) is 2.02. The van der Waals surface area contributed by atoms with Gasteiger partial charge >= 0.3 is 5.69 Å². The topological polar surface area (TPSA) is 39.8 Å². The molecule has 0 aliphatic carbocycles. The molecule has 0 radical (unpaired) electrons. The third-order valence-corrected chi connectivity index (χ3v) is 3.30. The van der Waals surface area contributed by atoms with Crippen LogP contribution in [-0.4, -0.2) is 20.6 Å². The molecule has 2 aromatic rings. The van der Waals surface area contributed by atoms with Crippen LogP contribution in [0.25, 0.3) is 5.69 Å². The summed E-state index contributed by atoms with van der Waals surface area (Å²) in [6, 6.07) is 6.04. The summed E-state index contributed by atoms with van der Waals surface area (Å²) in [6.45, 7) is 4.05. The fourth-order valence-corrected chi connectivity index (χ4v) is 2.40. The summed E-state index contributed by atoms with van der Waals surface area (Å²) in [6.07, 6.45) is 1.92. The van der Waals surface area contributed by atoms with Crippen LogP contribution in [0.1, 0.15) is 11.1 Å². The molecule has 1 aromatic heterocycles. The smallest absolute Gasteiger partial charge is 0.246 e. The number of thioether (sulfide) groups is 1. The molecule has 0 amide bonds. The standard InChI is InChI=1S/C12H15N3OS/c1-8-5-6-10(9(2)7-8)15-11(17-4)13-14(3)12(15)16/h5-7H,1-4H3. The molecule has 0 atom stereocenters. The fourth-order valence-electron chi connectivity index (χ4n) is 1.84. The van der Waals surface area contributed by atoms with Crippen LogP contribution < -0.4 is 5.69 Å². The van der Waals surface area contributed by atoms with Gasteiger partial charge in [0.15, 0.2) is 5.16 Å². The van der Waals surface area contributed by atoms with E-state index in [1.807, 2.05) is 32.2 Å². The molecular formula is C12H15N3OS. The van der Waals surface area contributed by atoms with Crippen molar-refractivity contribution in [1.82, 2.24) is 14.3 Å². The van der Waals surface area contributed by atoms with Gasteiger partial charge in [0, 0.05) is 7.05 Å². The summed E-state index contributed by atoms with van der Waals surface area (Å²) in [7, 11) is 1.67. The van der Waals surface area contributed by atoms with Crippen LogP contribution in [0.2, 0.25) is 0 Å².